The van der Waals surface area contributed by atoms with Crippen LogP contribution in [0.2, 0.25) is 0 Å². The number of nitrogens with zero attached hydrogens (tertiary/aromatic N) is 4. The zero-order valence-corrected chi connectivity index (χ0v) is 14.7. The summed E-state index contributed by atoms with van der Waals surface area (Å²) in [6.07, 6.45) is 1.14. The lowest BCUT2D eigenvalue weighted by Crippen LogP contribution is -2.30. The van der Waals surface area contributed by atoms with E-state index in [0.29, 0.717) is 17.9 Å². The van der Waals surface area contributed by atoms with Gasteiger partial charge in [-0.05, 0) is 11.5 Å². The van der Waals surface area contributed by atoms with Crippen LogP contribution in [0.4, 0.5) is 10.2 Å². The molecule has 28 heavy (non-hydrogen) atoms. The van der Waals surface area contributed by atoms with E-state index in [4.69, 9.17) is 11.2 Å². The van der Waals surface area contributed by atoms with Gasteiger partial charge in [0.25, 0.3) is 0 Å². The summed E-state index contributed by atoms with van der Waals surface area (Å²) in [5.74, 6) is 2.86. The molecule has 0 unspecified atom stereocenters. The molecule has 3 aromatic rings. The van der Waals surface area contributed by atoms with E-state index >= 15 is 0 Å². The van der Waals surface area contributed by atoms with Gasteiger partial charge in [0.15, 0.2) is 29.4 Å². The third-order valence-electron chi connectivity index (χ3n) is 4.59. The number of benzene rings is 1. The van der Waals surface area contributed by atoms with E-state index in [9.17, 15) is 14.6 Å². The second-order valence-electron chi connectivity index (χ2n) is 6.37. The maximum Gasteiger partial charge on any atom is 0.208 e. The molecule has 0 amide bonds. The zero-order chi connectivity index (χ0) is 19.7. The number of fused-ring (bicyclic) bond motifs is 1. The van der Waals surface area contributed by atoms with Crippen LogP contribution in [0.3, 0.4) is 0 Å². The van der Waals surface area contributed by atoms with Crippen molar-refractivity contribution in [3.63, 3.8) is 0 Å². The molecule has 8 nitrogen and oxygen atoms in total. The highest BCUT2D eigenvalue weighted by Crippen LogP contribution is 2.34. The number of imidazole rings is 1. The van der Waals surface area contributed by atoms with Gasteiger partial charge in [-0.15, -0.1) is 6.42 Å². The minimum atomic E-state index is -1.79. The number of ether oxygens (including phenoxy) is 1. The molecule has 0 bridgehead atoms. The van der Waals surface area contributed by atoms with Crippen LogP contribution in [-0.2, 0) is 16.4 Å². The topological polar surface area (TPSA) is 105 Å². The Balaban J connectivity index is 1.70. The fourth-order valence-electron chi connectivity index (χ4n) is 3.14. The quantitative estimate of drug-likeness (QED) is 0.647. The van der Waals surface area contributed by atoms with Crippen molar-refractivity contribution in [1.29, 1.82) is 0 Å². The number of terminal acetylenes is 1. The fourth-order valence-corrected chi connectivity index (χ4v) is 3.14. The van der Waals surface area contributed by atoms with Crippen LogP contribution in [0.15, 0.2) is 36.7 Å². The number of rotatable bonds is 5. The number of alkyl halides is 1. The van der Waals surface area contributed by atoms with Gasteiger partial charge in [-0.2, -0.15) is 0 Å². The predicted molar refractivity (Wildman–Crippen MR) is 97.4 cm³/mol. The molecule has 4 atom stereocenters. The summed E-state index contributed by atoms with van der Waals surface area (Å²) in [7, 11) is 0. The number of hydrogen-bond donors (Lipinski definition) is 2. The molecule has 0 spiro atoms. The standard InChI is InChI=1S/C19H17FN5O3/c1-2-13-23-17(21-8-11-6-4-3-5-7-11)15-18(24-13)25(10-22-15)19-14(20)16(27)12(9-26)28-19/h1,3-7,10,12,14,16,19,27H,8-9H2,(H,21,23,24)/t12-,14+,16-,19-/m1/s1. The third kappa shape index (κ3) is 3.18. The van der Waals surface area contributed by atoms with Crippen LogP contribution in [0, 0.1) is 12.3 Å². The Hall–Kier alpha value is -3.06. The molecule has 9 heteroatoms. The van der Waals surface area contributed by atoms with Crippen LogP contribution >= 0.6 is 0 Å². The van der Waals surface area contributed by atoms with Gasteiger partial charge in [0, 0.05) is 6.54 Å². The summed E-state index contributed by atoms with van der Waals surface area (Å²) >= 11 is 0. The largest absolute Gasteiger partial charge is 0.387 e. The molecule has 4 rings (SSSR count). The van der Waals surface area contributed by atoms with Gasteiger partial charge in [0.1, 0.15) is 18.8 Å². The van der Waals surface area contributed by atoms with Crippen molar-refractivity contribution in [3.05, 3.63) is 48.0 Å². The van der Waals surface area contributed by atoms with Gasteiger partial charge < -0.3 is 15.2 Å². The smallest absolute Gasteiger partial charge is 0.208 e. The Morgan fingerprint density at radius 2 is 2.11 bits per heavy atom. The summed E-state index contributed by atoms with van der Waals surface area (Å²) in [4.78, 5) is 12.8. The first-order chi connectivity index (χ1) is 13.6. The van der Waals surface area contributed by atoms with Crippen molar-refractivity contribution in [1.82, 2.24) is 19.5 Å². The maximum atomic E-state index is 14.5. The van der Waals surface area contributed by atoms with Crippen molar-refractivity contribution >= 4 is 17.0 Å². The first-order valence-corrected chi connectivity index (χ1v) is 8.67. The number of nitrogens with one attached hydrogen (secondary N) is 1. The maximum absolute atomic E-state index is 14.5. The molecule has 1 aromatic carbocycles. The second kappa shape index (κ2) is 7.52. The second-order valence-corrected chi connectivity index (χ2v) is 6.37. The highest BCUT2D eigenvalue weighted by atomic mass is 19.1. The lowest BCUT2D eigenvalue weighted by atomic mass is 10.1. The first kappa shape index (κ1) is 18.3. The highest BCUT2D eigenvalue weighted by molar-refractivity contribution is 5.83. The van der Waals surface area contributed by atoms with Crippen LogP contribution < -0.4 is 5.32 Å². The lowest BCUT2D eigenvalue weighted by molar-refractivity contribution is -0.0593. The normalized spacial score (nSPS) is 24.4. The average molecular weight is 382 g/mol. The molecule has 1 radical (unpaired) electrons. The van der Waals surface area contributed by atoms with Crippen LogP contribution in [-0.4, -0.2) is 49.6 Å². The molecule has 2 aromatic heterocycles. The van der Waals surface area contributed by atoms with Crippen molar-refractivity contribution in [2.45, 2.75) is 31.2 Å². The first-order valence-electron chi connectivity index (χ1n) is 8.67. The van der Waals surface area contributed by atoms with Crippen molar-refractivity contribution < 1.29 is 19.3 Å². The van der Waals surface area contributed by atoms with Gasteiger partial charge in [-0.1, -0.05) is 30.3 Å². The van der Waals surface area contributed by atoms with E-state index in [1.54, 1.807) is 0 Å². The van der Waals surface area contributed by atoms with Crippen LogP contribution in [0.1, 0.15) is 17.6 Å². The number of halogens is 1. The Kier molecular flexibility index (Phi) is 4.92. The minimum Gasteiger partial charge on any atom is -0.387 e. The Morgan fingerprint density at radius 3 is 2.79 bits per heavy atom. The molecular weight excluding hydrogens is 365 g/mol. The van der Waals surface area contributed by atoms with Crippen LogP contribution in [0.5, 0.6) is 0 Å². The molecule has 3 heterocycles. The van der Waals surface area contributed by atoms with E-state index in [-0.39, 0.29) is 11.5 Å². The van der Waals surface area contributed by atoms with Gasteiger partial charge in [-0.25, -0.2) is 24.4 Å². The van der Waals surface area contributed by atoms with E-state index in [0.717, 1.165) is 5.56 Å². The summed E-state index contributed by atoms with van der Waals surface area (Å²) in [5, 5.41) is 24.1. The molecule has 2 N–H and O–H groups in total. The molecule has 1 fully saturated rings. The van der Waals surface area contributed by atoms with Gasteiger partial charge in [-0.3, -0.25) is 4.57 Å². The van der Waals surface area contributed by atoms with Gasteiger partial charge in [0.05, 0.1) is 6.33 Å². The van der Waals surface area contributed by atoms with Crippen molar-refractivity contribution in [3.8, 4) is 12.3 Å². The Bertz CT molecular complexity index is 1020. The van der Waals surface area contributed by atoms with Gasteiger partial charge in [0.2, 0.25) is 5.82 Å². The fraction of sp³-hybridized carbons (Fsp3) is 0.316. The van der Waals surface area contributed by atoms with E-state index < -0.39 is 31.2 Å². The van der Waals surface area contributed by atoms with E-state index in [1.165, 1.54) is 10.9 Å². The third-order valence-corrected chi connectivity index (χ3v) is 4.59. The average Bonchev–Trinajstić information content (AvgIpc) is 3.28. The minimum absolute atomic E-state index is 0.0964. The molecule has 0 saturated carbocycles. The summed E-state index contributed by atoms with van der Waals surface area (Å²) in [5.41, 5.74) is 1.66. The number of anilines is 1. The summed E-state index contributed by atoms with van der Waals surface area (Å²) in [6, 6.07) is 9.67. The summed E-state index contributed by atoms with van der Waals surface area (Å²) in [6.45, 7) is -0.272. The zero-order valence-electron chi connectivity index (χ0n) is 14.7. The molecule has 1 aliphatic rings. The van der Waals surface area contributed by atoms with Crippen molar-refractivity contribution in [2.24, 2.45) is 0 Å². The monoisotopic (exact) mass is 382 g/mol. The molecule has 143 valence electrons. The van der Waals surface area contributed by atoms with E-state index in [2.05, 4.69) is 26.2 Å². The SMILES string of the molecule is C#Cc1nc(NCc2ccccc2)c2ncn([C@@H]3O[C@H](C[O])[C@@H](O)[C@@H]3F)c2n1. The Morgan fingerprint density at radius 1 is 1.32 bits per heavy atom. The molecule has 0 aliphatic carbocycles. The molecular formula is C19H17FN5O3. The number of hydrogen-bond acceptors (Lipinski definition) is 6. The molecule has 1 saturated heterocycles. The lowest BCUT2D eigenvalue weighted by Gasteiger charge is -2.15. The summed E-state index contributed by atoms with van der Waals surface area (Å²) < 4.78 is 21.2. The Labute approximate surface area is 160 Å². The van der Waals surface area contributed by atoms with Gasteiger partial charge >= 0.3 is 0 Å². The number of aromatic nitrogens is 4. The highest BCUT2D eigenvalue weighted by Gasteiger charge is 2.45. The van der Waals surface area contributed by atoms with Crippen LogP contribution in [0.25, 0.3) is 11.2 Å². The van der Waals surface area contributed by atoms with E-state index in [1.807, 2.05) is 30.3 Å². The number of aliphatic hydroxyl groups is 1. The predicted octanol–water partition coefficient (Wildman–Crippen LogP) is 1.45. The molecule has 1 aliphatic heterocycles. The number of aliphatic hydroxyl groups excluding tert-OH is 1. The van der Waals surface area contributed by atoms with Crippen molar-refractivity contribution in [2.75, 3.05) is 11.9 Å².